The van der Waals surface area contributed by atoms with Gasteiger partial charge < -0.3 is 4.43 Å². The number of halogens is 1. The lowest BCUT2D eigenvalue weighted by molar-refractivity contribution is 0.329. The first-order chi connectivity index (χ1) is 4.48. The van der Waals surface area contributed by atoms with E-state index in [1.165, 1.54) is 0 Å². The Bertz CT molecular complexity index is 93.6. The van der Waals surface area contributed by atoms with Crippen LogP contribution in [0.3, 0.4) is 0 Å². The molecule has 0 radical (unpaired) electrons. The van der Waals surface area contributed by atoms with Crippen LogP contribution in [-0.4, -0.2) is 20.3 Å². The molecule has 0 bridgehead atoms. The highest BCUT2D eigenvalue weighted by Crippen LogP contribution is 2.16. The Morgan fingerprint density at radius 2 is 2.00 bits per heavy atom. The summed E-state index contributed by atoms with van der Waals surface area (Å²) >= 11 is 5.85. The van der Waals surface area contributed by atoms with Gasteiger partial charge in [-0.25, -0.2) is 0 Å². The lowest BCUT2D eigenvalue weighted by atomic mass is 10.6. The first-order valence-electron chi connectivity index (χ1n) is 3.76. The van der Waals surface area contributed by atoms with Crippen molar-refractivity contribution in [1.82, 2.24) is 0 Å². The van der Waals surface area contributed by atoms with E-state index in [4.69, 9.17) is 16.0 Å². The van der Waals surface area contributed by atoms with Crippen molar-refractivity contribution in [3.05, 3.63) is 0 Å². The van der Waals surface area contributed by atoms with Gasteiger partial charge in [0.25, 0.3) is 0 Å². The van der Waals surface area contributed by atoms with Gasteiger partial charge >= 0.3 is 0 Å². The molecule has 0 aromatic carbocycles. The fourth-order valence-electron chi connectivity index (χ4n) is 1.13. The van der Waals surface area contributed by atoms with Crippen molar-refractivity contribution in [3.8, 4) is 0 Å². The average molecular weight is 181 g/mol. The minimum Gasteiger partial charge on any atom is -0.418 e. The SMILES string of the molecule is CCO[Si](C)(C)CC(C)Cl. The summed E-state index contributed by atoms with van der Waals surface area (Å²) in [4.78, 5) is 0. The van der Waals surface area contributed by atoms with Crippen molar-refractivity contribution in [1.29, 1.82) is 0 Å². The summed E-state index contributed by atoms with van der Waals surface area (Å²) in [5, 5.41) is 0.258. The number of rotatable bonds is 4. The highest BCUT2D eigenvalue weighted by molar-refractivity contribution is 6.71. The summed E-state index contributed by atoms with van der Waals surface area (Å²) < 4.78 is 5.59. The van der Waals surface area contributed by atoms with E-state index in [1.54, 1.807) is 0 Å². The van der Waals surface area contributed by atoms with Crippen molar-refractivity contribution in [2.45, 2.75) is 38.4 Å². The first kappa shape index (κ1) is 10.5. The van der Waals surface area contributed by atoms with Crippen molar-refractivity contribution >= 4 is 19.9 Å². The molecule has 1 atom stereocenters. The molecule has 0 spiro atoms. The number of alkyl halides is 1. The van der Waals surface area contributed by atoms with Gasteiger partial charge in [0.05, 0.1) is 0 Å². The summed E-state index contributed by atoms with van der Waals surface area (Å²) in [5.74, 6) is 0. The number of hydrogen-bond acceptors (Lipinski definition) is 1. The second kappa shape index (κ2) is 4.37. The summed E-state index contributed by atoms with van der Waals surface area (Å²) in [6.07, 6.45) is 0. The Balaban J connectivity index is 3.63. The van der Waals surface area contributed by atoms with Gasteiger partial charge in [-0.15, -0.1) is 11.6 Å². The highest BCUT2D eigenvalue weighted by Gasteiger charge is 2.23. The topological polar surface area (TPSA) is 9.23 Å². The Morgan fingerprint density at radius 3 is 2.30 bits per heavy atom. The first-order valence-corrected chi connectivity index (χ1v) is 7.31. The lowest BCUT2D eigenvalue weighted by Gasteiger charge is -2.22. The van der Waals surface area contributed by atoms with Gasteiger partial charge in [0.1, 0.15) is 0 Å². The summed E-state index contributed by atoms with van der Waals surface area (Å²) in [7, 11) is -1.40. The Kier molecular flexibility index (Phi) is 4.57. The van der Waals surface area contributed by atoms with Crippen molar-refractivity contribution in [2.24, 2.45) is 0 Å². The van der Waals surface area contributed by atoms with Gasteiger partial charge in [0.15, 0.2) is 8.32 Å². The monoisotopic (exact) mass is 180 g/mol. The van der Waals surface area contributed by atoms with Crippen LogP contribution in [0.5, 0.6) is 0 Å². The Hall–Kier alpha value is 0.467. The molecule has 0 saturated heterocycles. The molecule has 0 saturated carbocycles. The fourth-order valence-corrected chi connectivity index (χ4v) is 4.50. The zero-order valence-electron chi connectivity index (χ0n) is 7.28. The van der Waals surface area contributed by atoms with E-state index >= 15 is 0 Å². The second-order valence-electron chi connectivity index (χ2n) is 3.18. The maximum absolute atomic E-state index is 5.85. The highest BCUT2D eigenvalue weighted by atomic mass is 35.5. The molecule has 10 heavy (non-hydrogen) atoms. The van der Waals surface area contributed by atoms with E-state index in [0.29, 0.717) is 0 Å². The van der Waals surface area contributed by atoms with E-state index in [1.807, 2.05) is 13.8 Å². The average Bonchev–Trinajstić information content (AvgIpc) is 1.59. The van der Waals surface area contributed by atoms with Crippen LogP contribution < -0.4 is 0 Å². The molecular weight excluding hydrogens is 164 g/mol. The molecule has 0 fully saturated rings. The molecular formula is C7H17ClOSi. The fraction of sp³-hybridized carbons (Fsp3) is 1.00. The predicted octanol–water partition coefficient (Wildman–Crippen LogP) is 2.86. The van der Waals surface area contributed by atoms with Crippen molar-refractivity contribution in [3.63, 3.8) is 0 Å². The van der Waals surface area contributed by atoms with Crippen LogP contribution in [-0.2, 0) is 4.43 Å². The van der Waals surface area contributed by atoms with Crippen LogP contribution in [0, 0.1) is 0 Å². The maximum atomic E-state index is 5.85. The normalized spacial score (nSPS) is 15.3. The van der Waals surface area contributed by atoms with Gasteiger partial charge in [-0.2, -0.15) is 0 Å². The van der Waals surface area contributed by atoms with E-state index in [9.17, 15) is 0 Å². The smallest absolute Gasteiger partial charge is 0.188 e. The molecule has 0 aliphatic carbocycles. The summed E-state index contributed by atoms with van der Waals surface area (Å²) in [6, 6.07) is 1.04. The maximum Gasteiger partial charge on any atom is 0.188 e. The third-order valence-electron chi connectivity index (χ3n) is 1.31. The second-order valence-corrected chi connectivity index (χ2v) is 8.14. The minimum atomic E-state index is -1.40. The zero-order valence-corrected chi connectivity index (χ0v) is 9.03. The van der Waals surface area contributed by atoms with Gasteiger partial charge in [-0.05, 0) is 33.0 Å². The minimum absolute atomic E-state index is 0.258. The van der Waals surface area contributed by atoms with Crippen LogP contribution in [0.25, 0.3) is 0 Å². The molecule has 1 unspecified atom stereocenters. The summed E-state index contributed by atoms with van der Waals surface area (Å²) in [5.41, 5.74) is 0. The molecule has 0 heterocycles. The molecule has 1 nitrogen and oxygen atoms in total. The van der Waals surface area contributed by atoms with Crippen molar-refractivity contribution in [2.75, 3.05) is 6.61 Å². The molecule has 0 amide bonds. The molecule has 3 heteroatoms. The summed E-state index contributed by atoms with van der Waals surface area (Å²) in [6.45, 7) is 9.29. The van der Waals surface area contributed by atoms with Gasteiger partial charge in [0.2, 0.25) is 0 Å². The molecule has 0 aliphatic heterocycles. The van der Waals surface area contributed by atoms with Crippen molar-refractivity contribution < 1.29 is 4.43 Å². The largest absolute Gasteiger partial charge is 0.418 e. The molecule has 0 aromatic heterocycles. The van der Waals surface area contributed by atoms with Crippen LogP contribution >= 0.6 is 11.6 Å². The predicted molar refractivity (Wildman–Crippen MR) is 49.2 cm³/mol. The third-order valence-corrected chi connectivity index (χ3v) is 4.39. The molecule has 0 aromatic rings. The zero-order chi connectivity index (χ0) is 8.20. The van der Waals surface area contributed by atoms with Crippen LogP contribution in [0.1, 0.15) is 13.8 Å². The van der Waals surface area contributed by atoms with Gasteiger partial charge in [-0.3, -0.25) is 0 Å². The van der Waals surface area contributed by atoms with Gasteiger partial charge in [0, 0.05) is 12.0 Å². The van der Waals surface area contributed by atoms with E-state index in [2.05, 4.69) is 13.1 Å². The van der Waals surface area contributed by atoms with E-state index in [0.717, 1.165) is 12.7 Å². The quantitative estimate of drug-likeness (QED) is 0.478. The third kappa shape index (κ3) is 5.27. The number of hydrogen-bond donors (Lipinski definition) is 0. The molecule has 0 N–H and O–H groups in total. The van der Waals surface area contributed by atoms with E-state index in [-0.39, 0.29) is 5.38 Å². The molecule has 62 valence electrons. The Morgan fingerprint density at radius 1 is 1.50 bits per heavy atom. The molecule has 0 aliphatic rings. The standard InChI is InChI=1S/C7H17ClOSi/c1-5-9-10(3,4)6-7(2)8/h7H,5-6H2,1-4H3. The lowest BCUT2D eigenvalue weighted by Crippen LogP contribution is -2.32. The molecule has 0 rings (SSSR count). The van der Waals surface area contributed by atoms with Gasteiger partial charge in [-0.1, -0.05) is 0 Å². The van der Waals surface area contributed by atoms with Crippen LogP contribution in [0.2, 0.25) is 19.1 Å². The Labute approximate surface area is 69.9 Å². The van der Waals surface area contributed by atoms with Crippen LogP contribution in [0.15, 0.2) is 0 Å². The van der Waals surface area contributed by atoms with Crippen LogP contribution in [0.4, 0.5) is 0 Å². The van der Waals surface area contributed by atoms with E-state index < -0.39 is 8.32 Å².